The summed E-state index contributed by atoms with van der Waals surface area (Å²) in [5.41, 5.74) is 1.59. The highest BCUT2D eigenvalue weighted by atomic mass is 32.1. The number of rotatable bonds is 4. The fraction of sp³-hybridized carbons (Fsp3) is 0.316. The third-order valence-corrected chi connectivity index (χ3v) is 6.65. The number of hydrogen-bond acceptors (Lipinski definition) is 6. The van der Waals surface area contributed by atoms with Crippen molar-refractivity contribution in [3.05, 3.63) is 46.2 Å². The Morgan fingerprint density at radius 1 is 1.31 bits per heavy atom. The molecule has 0 unspecified atom stereocenters. The van der Waals surface area contributed by atoms with E-state index in [4.69, 9.17) is 4.98 Å². The molecule has 1 aromatic carbocycles. The first kappa shape index (κ1) is 17.2. The largest absolute Gasteiger partial charge is 0.347 e. The second-order valence-electron chi connectivity index (χ2n) is 6.48. The topological polar surface area (TPSA) is 62.3 Å². The highest BCUT2D eigenvalue weighted by Gasteiger charge is 2.24. The number of ketones is 1. The van der Waals surface area contributed by atoms with Gasteiger partial charge in [0.1, 0.15) is 0 Å². The van der Waals surface area contributed by atoms with Crippen LogP contribution in [0.15, 0.2) is 35.7 Å². The smallest absolute Gasteiger partial charge is 0.252 e. The highest BCUT2D eigenvalue weighted by Crippen LogP contribution is 2.30. The van der Waals surface area contributed by atoms with E-state index in [1.807, 2.05) is 18.2 Å². The number of thiazole rings is 1. The average Bonchev–Trinajstić information content (AvgIpc) is 3.29. The molecule has 1 aliphatic heterocycles. The van der Waals surface area contributed by atoms with Gasteiger partial charge in [-0.2, -0.15) is 0 Å². The zero-order chi connectivity index (χ0) is 18.1. The van der Waals surface area contributed by atoms with Crippen LogP contribution in [-0.2, 0) is 0 Å². The predicted molar refractivity (Wildman–Crippen MR) is 107 cm³/mol. The Hall–Kier alpha value is -2.25. The fourth-order valence-corrected chi connectivity index (χ4v) is 4.96. The molecule has 0 aliphatic carbocycles. The van der Waals surface area contributed by atoms with Crippen molar-refractivity contribution in [3.63, 3.8) is 0 Å². The lowest BCUT2D eigenvalue weighted by molar-refractivity contribution is 0.0933. The summed E-state index contributed by atoms with van der Waals surface area (Å²) < 4.78 is 1.18. The number of Topliss-reactive ketones (excluding diaryl/α,β-unsaturated/α-hetero) is 1. The van der Waals surface area contributed by atoms with Crippen LogP contribution in [0.2, 0.25) is 0 Å². The normalized spacial score (nSPS) is 17.4. The van der Waals surface area contributed by atoms with Crippen LogP contribution in [0.3, 0.4) is 0 Å². The molecule has 1 N–H and O–H groups in total. The summed E-state index contributed by atoms with van der Waals surface area (Å²) in [5, 5.41) is 5.88. The van der Waals surface area contributed by atoms with E-state index in [0.29, 0.717) is 10.4 Å². The van der Waals surface area contributed by atoms with Gasteiger partial charge in [-0.05, 0) is 38.0 Å². The van der Waals surface area contributed by atoms with E-state index >= 15 is 0 Å². The Labute approximate surface area is 159 Å². The molecule has 5 nitrogen and oxygen atoms in total. The number of fused-ring (bicyclic) bond motifs is 1. The summed E-state index contributed by atoms with van der Waals surface area (Å²) in [5.74, 6) is -0.112. The van der Waals surface area contributed by atoms with Gasteiger partial charge in [0.05, 0.1) is 20.7 Å². The Morgan fingerprint density at radius 3 is 2.92 bits per heavy atom. The average molecular weight is 386 g/mol. The highest BCUT2D eigenvalue weighted by molar-refractivity contribution is 7.22. The minimum Gasteiger partial charge on any atom is -0.347 e. The van der Waals surface area contributed by atoms with Crippen LogP contribution in [0.5, 0.6) is 0 Å². The van der Waals surface area contributed by atoms with Crippen LogP contribution in [0.25, 0.3) is 10.2 Å². The van der Waals surface area contributed by atoms with Gasteiger partial charge in [0.2, 0.25) is 0 Å². The molecule has 0 radical (unpaired) electrons. The van der Waals surface area contributed by atoms with Gasteiger partial charge in [-0.15, -0.1) is 11.3 Å². The molecule has 134 valence electrons. The maximum atomic E-state index is 12.5. The first-order valence-electron chi connectivity index (χ1n) is 8.61. The number of piperidine rings is 1. The number of anilines is 1. The van der Waals surface area contributed by atoms with Gasteiger partial charge < -0.3 is 10.2 Å². The maximum Gasteiger partial charge on any atom is 0.252 e. The van der Waals surface area contributed by atoms with E-state index < -0.39 is 0 Å². The minimum atomic E-state index is -0.107. The van der Waals surface area contributed by atoms with Crippen molar-refractivity contribution in [2.75, 3.05) is 18.0 Å². The number of carbonyl (C=O) groups is 2. The lowest BCUT2D eigenvalue weighted by atomic mass is 10.1. The Bertz CT molecular complexity index is 930. The lowest BCUT2D eigenvalue weighted by Crippen LogP contribution is -2.47. The summed E-state index contributed by atoms with van der Waals surface area (Å²) in [4.78, 5) is 31.5. The van der Waals surface area contributed by atoms with Gasteiger partial charge in [-0.3, -0.25) is 9.59 Å². The summed E-state index contributed by atoms with van der Waals surface area (Å²) in [7, 11) is 0. The molecule has 26 heavy (non-hydrogen) atoms. The van der Waals surface area contributed by atoms with Crippen LogP contribution in [0, 0.1) is 0 Å². The van der Waals surface area contributed by atoms with E-state index in [1.165, 1.54) is 23.0 Å². The molecule has 3 aromatic rings. The number of nitrogens with one attached hydrogen (secondary N) is 1. The van der Waals surface area contributed by atoms with E-state index in [9.17, 15) is 9.59 Å². The molecule has 1 aliphatic rings. The summed E-state index contributed by atoms with van der Waals surface area (Å²) >= 11 is 3.01. The molecule has 7 heteroatoms. The number of nitrogens with zero attached hydrogens (tertiary/aromatic N) is 2. The van der Waals surface area contributed by atoms with Crippen molar-refractivity contribution >= 4 is 49.7 Å². The molecule has 0 saturated carbocycles. The van der Waals surface area contributed by atoms with Crippen LogP contribution in [0.4, 0.5) is 5.13 Å². The second kappa shape index (κ2) is 7.17. The number of para-hydroxylation sites is 1. The van der Waals surface area contributed by atoms with Gasteiger partial charge in [-0.1, -0.05) is 23.5 Å². The number of carbonyl (C=O) groups excluding carboxylic acids is 2. The molecule has 1 saturated heterocycles. The number of aromatic nitrogens is 1. The first-order chi connectivity index (χ1) is 12.6. The van der Waals surface area contributed by atoms with E-state index in [2.05, 4.69) is 16.3 Å². The molecule has 1 fully saturated rings. The number of hydrogen-bond donors (Lipinski definition) is 1. The predicted octanol–water partition coefficient (Wildman–Crippen LogP) is 3.96. The Morgan fingerprint density at radius 2 is 2.15 bits per heavy atom. The second-order valence-corrected chi connectivity index (χ2v) is 8.40. The van der Waals surface area contributed by atoms with Crippen molar-refractivity contribution < 1.29 is 9.59 Å². The standard InChI is InChI=1S/C19H19N3O2S2/c1-12(23)17-9-13(11-25-17)18(24)20-14-5-4-8-22(10-14)19-21-15-6-2-3-7-16(15)26-19/h2-3,6-7,9,11,14H,4-5,8,10H2,1H3,(H,20,24)/t14-/m1/s1. The monoisotopic (exact) mass is 385 g/mol. The summed E-state index contributed by atoms with van der Waals surface area (Å²) in [6, 6.07) is 9.91. The van der Waals surface area contributed by atoms with E-state index in [-0.39, 0.29) is 17.7 Å². The molecule has 1 atom stereocenters. The molecular weight excluding hydrogens is 366 g/mol. The molecular formula is C19H19N3O2S2. The first-order valence-corrected chi connectivity index (χ1v) is 10.3. The molecule has 0 spiro atoms. The van der Waals surface area contributed by atoms with E-state index in [1.54, 1.807) is 22.8 Å². The fourth-order valence-electron chi connectivity index (χ4n) is 3.17. The van der Waals surface area contributed by atoms with Gasteiger partial charge in [-0.25, -0.2) is 4.98 Å². The van der Waals surface area contributed by atoms with Gasteiger partial charge in [0.25, 0.3) is 5.91 Å². The SMILES string of the molecule is CC(=O)c1cc(C(=O)N[C@@H]2CCCN(c3nc4ccccc4s3)C2)cs1. The molecule has 3 heterocycles. The number of amides is 1. The third kappa shape index (κ3) is 3.50. The van der Waals surface area contributed by atoms with Crippen molar-refractivity contribution in [2.45, 2.75) is 25.8 Å². The Kier molecular flexibility index (Phi) is 4.74. The van der Waals surface area contributed by atoms with Gasteiger partial charge >= 0.3 is 0 Å². The maximum absolute atomic E-state index is 12.5. The molecule has 1 amide bonds. The zero-order valence-electron chi connectivity index (χ0n) is 14.4. The zero-order valence-corrected chi connectivity index (χ0v) is 16.0. The minimum absolute atomic E-state index is 0.00581. The quantitative estimate of drug-likeness (QED) is 0.691. The molecule has 2 aromatic heterocycles. The number of benzene rings is 1. The molecule has 4 rings (SSSR count). The van der Waals surface area contributed by atoms with Crippen molar-refractivity contribution in [1.82, 2.24) is 10.3 Å². The number of thiophene rings is 1. The molecule has 0 bridgehead atoms. The van der Waals surface area contributed by atoms with Crippen molar-refractivity contribution in [3.8, 4) is 0 Å². The van der Waals surface area contributed by atoms with Crippen LogP contribution in [-0.4, -0.2) is 35.8 Å². The lowest BCUT2D eigenvalue weighted by Gasteiger charge is -2.32. The summed E-state index contributed by atoms with van der Waals surface area (Å²) in [6.45, 7) is 3.24. The summed E-state index contributed by atoms with van der Waals surface area (Å²) in [6.07, 6.45) is 1.97. The van der Waals surface area contributed by atoms with Crippen molar-refractivity contribution in [2.24, 2.45) is 0 Å². The van der Waals surface area contributed by atoms with Gasteiger partial charge in [0.15, 0.2) is 10.9 Å². The van der Waals surface area contributed by atoms with Crippen molar-refractivity contribution in [1.29, 1.82) is 0 Å². The van der Waals surface area contributed by atoms with Crippen LogP contribution >= 0.6 is 22.7 Å². The van der Waals surface area contributed by atoms with Crippen LogP contribution < -0.4 is 10.2 Å². The van der Waals surface area contributed by atoms with Gasteiger partial charge in [0, 0.05) is 24.5 Å². The van der Waals surface area contributed by atoms with E-state index in [0.717, 1.165) is 36.6 Å². The Balaban J connectivity index is 1.44. The van der Waals surface area contributed by atoms with Crippen LogP contribution in [0.1, 0.15) is 39.8 Å². The third-order valence-electron chi connectivity index (χ3n) is 4.52.